The summed E-state index contributed by atoms with van der Waals surface area (Å²) >= 11 is 0. The Morgan fingerprint density at radius 2 is 2.43 bits per heavy atom. The lowest BCUT2D eigenvalue weighted by atomic mass is 9.93. The smallest absolute Gasteiger partial charge is 0.126 e. The molecule has 76 valence electrons. The minimum absolute atomic E-state index is 0.0642. The van der Waals surface area contributed by atoms with Crippen molar-refractivity contribution < 1.29 is 14.3 Å². The van der Waals surface area contributed by atoms with Crippen molar-refractivity contribution in [1.29, 1.82) is 0 Å². The number of hydrogen-bond donors (Lipinski definition) is 0. The third-order valence-corrected chi connectivity index (χ3v) is 2.26. The first-order chi connectivity index (χ1) is 6.81. The predicted octanol–water partition coefficient (Wildman–Crippen LogP) is 0.795. The second kappa shape index (κ2) is 5.58. The van der Waals surface area contributed by atoms with Gasteiger partial charge in [-0.25, -0.2) is 0 Å². The molecule has 0 bridgehead atoms. The van der Waals surface area contributed by atoms with Crippen molar-refractivity contribution in [1.82, 2.24) is 0 Å². The fourth-order valence-corrected chi connectivity index (χ4v) is 1.50. The van der Waals surface area contributed by atoms with Gasteiger partial charge in [0.25, 0.3) is 0 Å². The van der Waals surface area contributed by atoms with Gasteiger partial charge >= 0.3 is 0 Å². The van der Waals surface area contributed by atoms with Crippen LogP contribution in [0.2, 0.25) is 0 Å². The Hall–Kier alpha value is -1.11. The molecule has 0 fully saturated rings. The molecule has 14 heavy (non-hydrogen) atoms. The van der Waals surface area contributed by atoms with Gasteiger partial charge in [-0.1, -0.05) is 18.1 Å². The first kappa shape index (κ1) is 11.0. The second-order valence-electron chi connectivity index (χ2n) is 3.17. The van der Waals surface area contributed by atoms with Crippen LogP contribution in [0, 0.1) is 18.3 Å². The molecule has 1 aliphatic carbocycles. The summed E-state index contributed by atoms with van der Waals surface area (Å²) in [5, 5.41) is 0. The van der Waals surface area contributed by atoms with Crippen LogP contribution >= 0.6 is 0 Å². The van der Waals surface area contributed by atoms with Crippen molar-refractivity contribution in [2.24, 2.45) is 5.92 Å². The molecule has 0 aromatic rings. The van der Waals surface area contributed by atoms with Crippen LogP contribution in [0.25, 0.3) is 0 Å². The number of aldehydes is 1. The molecule has 3 nitrogen and oxygen atoms in total. The van der Waals surface area contributed by atoms with Crippen LogP contribution in [-0.2, 0) is 14.3 Å². The maximum absolute atomic E-state index is 10.6. The highest BCUT2D eigenvalue weighted by Crippen LogP contribution is 2.21. The van der Waals surface area contributed by atoms with E-state index in [2.05, 4.69) is 5.92 Å². The minimum atomic E-state index is -0.132. The Morgan fingerprint density at radius 3 is 3.00 bits per heavy atom. The first-order valence-electron chi connectivity index (χ1n) is 4.53. The third-order valence-electron chi connectivity index (χ3n) is 2.26. The maximum Gasteiger partial charge on any atom is 0.126 e. The van der Waals surface area contributed by atoms with Gasteiger partial charge in [-0.05, 0) is 6.42 Å². The molecule has 0 N–H and O–H groups in total. The molecule has 0 saturated heterocycles. The van der Waals surface area contributed by atoms with Crippen molar-refractivity contribution in [3.63, 3.8) is 0 Å². The SMILES string of the molecule is C#CCOC1C=CC(C=O)CC1OC. The second-order valence-corrected chi connectivity index (χ2v) is 3.17. The summed E-state index contributed by atoms with van der Waals surface area (Å²) in [5.41, 5.74) is 0. The zero-order valence-corrected chi connectivity index (χ0v) is 8.18. The van der Waals surface area contributed by atoms with E-state index in [0.29, 0.717) is 6.42 Å². The van der Waals surface area contributed by atoms with Crippen molar-refractivity contribution >= 4 is 6.29 Å². The molecule has 0 radical (unpaired) electrons. The lowest BCUT2D eigenvalue weighted by Gasteiger charge is -2.28. The zero-order valence-electron chi connectivity index (χ0n) is 8.18. The van der Waals surface area contributed by atoms with E-state index in [0.717, 1.165) is 6.29 Å². The Bertz CT molecular complexity index is 252. The van der Waals surface area contributed by atoms with E-state index >= 15 is 0 Å². The van der Waals surface area contributed by atoms with E-state index in [1.807, 2.05) is 12.2 Å². The fourth-order valence-electron chi connectivity index (χ4n) is 1.50. The Kier molecular flexibility index (Phi) is 4.37. The fraction of sp³-hybridized carbons (Fsp3) is 0.545. The third kappa shape index (κ3) is 2.69. The molecule has 0 aromatic carbocycles. The van der Waals surface area contributed by atoms with Crippen molar-refractivity contribution in [2.45, 2.75) is 18.6 Å². The lowest BCUT2D eigenvalue weighted by Crippen LogP contribution is -2.34. The molecule has 0 aliphatic heterocycles. The summed E-state index contributed by atoms with van der Waals surface area (Å²) in [4.78, 5) is 10.6. The zero-order chi connectivity index (χ0) is 10.4. The van der Waals surface area contributed by atoms with Gasteiger partial charge in [0.15, 0.2) is 0 Å². The van der Waals surface area contributed by atoms with Gasteiger partial charge in [0.1, 0.15) is 19.0 Å². The van der Waals surface area contributed by atoms with Gasteiger partial charge in [-0.3, -0.25) is 0 Å². The standard InChI is InChI=1S/C11H14O3/c1-3-6-14-10-5-4-9(8-12)7-11(10)13-2/h1,4-5,8-11H,6-7H2,2H3. The summed E-state index contributed by atoms with van der Waals surface area (Å²) in [5.74, 6) is 2.34. The van der Waals surface area contributed by atoms with Crippen LogP contribution in [-0.4, -0.2) is 32.2 Å². The van der Waals surface area contributed by atoms with Crippen LogP contribution in [0.3, 0.4) is 0 Å². The van der Waals surface area contributed by atoms with Crippen LogP contribution in [0.15, 0.2) is 12.2 Å². The maximum atomic E-state index is 10.6. The minimum Gasteiger partial charge on any atom is -0.378 e. The lowest BCUT2D eigenvalue weighted by molar-refractivity contribution is -0.112. The van der Waals surface area contributed by atoms with E-state index < -0.39 is 0 Å². The van der Waals surface area contributed by atoms with E-state index in [4.69, 9.17) is 15.9 Å². The Balaban J connectivity index is 2.57. The highest BCUT2D eigenvalue weighted by atomic mass is 16.5. The summed E-state index contributed by atoms with van der Waals surface area (Å²) < 4.78 is 10.6. The highest BCUT2D eigenvalue weighted by molar-refractivity contribution is 5.57. The molecule has 3 heteroatoms. The Labute approximate surface area is 84.1 Å². The monoisotopic (exact) mass is 194 g/mol. The predicted molar refractivity (Wildman–Crippen MR) is 52.7 cm³/mol. The molecule has 1 aliphatic rings. The molecule has 0 heterocycles. The van der Waals surface area contributed by atoms with E-state index in [9.17, 15) is 4.79 Å². The summed E-state index contributed by atoms with van der Waals surface area (Å²) in [7, 11) is 1.61. The Morgan fingerprint density at radius 1 is 1.64 bits per heavy atom. The molecular formula is C11H14O3. The van der Waals surface area contributed by atoms with Gasteiger partial charge in [0.2, 0.25) is 0 Å². The summed E-state index contributed by atoms with van der Waals surface area (Å²) in [6.45, 7) is 0.265. The van der Waals surface area contributed by atoms with E-state index in [1.54, 1.807) is 7.11 Å². The van der Waals surface area contributed by atoms with E-state index in [1.165, 1.54) is 0 Å². The number of methoxy groups -OCH3 is 1. The molecular weight excluding hydrogens is 180 g/mol. The van der Waals surface area contributed by atoms with Gasteiger partial charge in [-0.15, -0.1) is 6.42 Å². The van der Waals surface area contributed by atoms with Gasteiger partial charge in [-0.2, -0.15) is 0 Å². The van der Waals surface area contributed by atoms with Crippen molar-refractivity contribution in [2.75, 3.05) is 13.7 Å². The van der Waals surface area contributed by atoms with Crippen LogP contribution in [0.1, 0.15) is 6.42 Å². The molecule has 0 amide bonds. The molecule has 0 aromatic heterocycles. The number of carbonyl (C=O) groups excluding carboxylic acids is 1. The first-order valence-corrected chi connectivity index (χ1v) is 4.53. The quantitative estimate of drug-likeness (QED) is 0.377. The average molecular weight is 194 g/mol. The number of rotatable bonds is 4. The molecule has 3 atom stereocenters. The van der Waals surface area contributed by atoms with E-state index in [-0.39, 0.29) is 24.7 Å². The van der Waals surface area contributed by atoms with Crippen LogP contribution < -0.4 is 0 Å². The summed E-state index contributed by atoms with van der Waals surface area (Å²) in [6.07, 6.45) is 10.1. The van der Waals surface area contributed by atoms with Crippen LogP contribution in [0.5, 0.6) is 0 Å². The van der Waals surface area contributed by atoms with Crippen molar-refractivity contribution in [3.8, 4) is 12.3 Å². The van der Waals surface area contributed by atoms with Crippen molar-refractivity contribution in [3.05, 3.63) is 12.2 Å². The van der Waals surface area contributed by atoms with Crippen LogP contribution in [0.4, 0.5) is 0 Å². The number of ether oxygens (including phenoxy) is 2. The normalized spacial score (nSPS) is 31.0. The number of hydrogen-bond acceptors (Lipinski definition) is 3. The van der Waals surface area contributed by atoms with Gasteiger partial charge in [0.05, 0.1) is 6.10 Å². The largest absolute Gasteiger partial charge is 0.378 e. The molecule has 0 saturated carbocycles. The number of carbonyl (C=O) groups is 1. The molecule has 0 spiro atoms. The number of allylic oxidation sites excluding steroid dienone is 1. The number of terminal acetylenes is 1. The average Bonchev–Trinajstić information content (AvgIpc) is 2.26. The highest BCUT2D eigenvalue weighted by Gasteiger charge is 2.26. The van der Waals surface area contributed by atoms with Gasteiger partial charge in [0, 0.05) is 13.0 Å². The van der Waals surface area contributed by atoms with Gasteiger partial charge < -0.3 is 14.3 Å². The summed E-state index contributed by atoms with van der Waals surface area (Å²) in [6, 6.07) is 0. The topological polar surface area (TPSA) is 35.5 Å². The molecule has 1 rings (SSSR count). The molecule has 3 unspecified atom stereocenters.